The number of allylic oxidation sites excluding steroid dienone is 2. The number of fused-ring (bicyclic) bond motifs is 6. The maximum absolute atomic E-state index is 2.77. The van der Waals surface area contributed by atoms with Crippen LogP contribution in [0.1, 0.15) is 132 Å². The summed E-state index contributed by atoms with van der Waals surface area (Å²) in [6, 6.07) is 0. The Hall–Kier alpha value is -0.260. The van der Waals surface area contributed by atoms with Gasteiger partial charge in [0.15, 0.2) is 0 Å². The first-order chi connectivity index (χ1) is 13.8. The van der Waals surface area contributed by atoms with Crippen molar-refractivity contribution in [3.8, 4) is 0 Å². The molecule has 6 atom stereocenters. The van der Waals surface area contributed by atoms with Gasteiger partial charge in [-0.15, -0.1) is 0 Å². The molecule has 4 saturated carbocycles. The minimum atomic E-state index is 0.452. The SMILES string of the molecule is CC1(C)CC[C@]2(C)CC[C@]3(C)C(=C2C1)CC[C@H]1[C@]2(C)CCCC(C)(C)[C@@H]2CC[C@@]13C. The zero-order valence-electron chi connectivity index (χ0n) is 21.6. The molecule has 0 heterocycles. The molecule has 0 nitrogen and oxygen atoms in total. The van der Waals surface area contributed by atoms with Crippen LogP contribution in [0.2, 0.25) is 0 Å². The van der Waals surface area contributed by atoms with Crippen molar-refractivity contribution >= 4 is 0 Å². The van der Waals surface area contributed by atoms with E-state index < -0.39 is 0 Å². The molecule has 0 heteroatoms. The van der Waals surface area contributed by atoms with E-state index in [2.05, 4.69) is 55.4 Å². The smallest absolute Gasteiger partial charge is 0.00566 e. The van der Waals surface area contributed by atoms with Crippen LogP contribution in [0.25, 0.3) is 0 Å². The van der Waals surface area contributed by atoms with Gasteiger partial charge < -0.3 is 0 Å². The summed E-state index contributed by atoms with van der Waals surface area (Å²) in [7, 11) is 0. The predicted octanol–water partition coefficient (Wildman–Crippen LogP) is 9.34. The summed E-state index contributed by atoms with van der Waals surface area (Å²) in [5.41, 5.74) is 7.02. The first kappa shape index (κ1) is 21.6. The van der Waals surface area contributed by atoms with Gasteiger partial charge in [-0.2, -0.15) is 0 Å². The molecule has 0 unspecified atom stereocenters. The van der Waals surface area contributed by atoms with Crippen molar-refractivity contribution in [1.29, 1.82) is 0 Å². The normalized spacial score (nSPS) is 52.0. The van der Waals surface area contributed by atoms with Gasteiger partial charge >= 0.3 is 0 Å². The Morgan fingerprint density at radius 2 is 1.33 bits per heavy atom. The van der Waals surface area contributed by atoms with Gasteiger partial charge in [-0.3, -0.25) is 0 Å². The monoisotopic (exact) mass is 410 g/mol. The van der Waals surface area contributed by atoms with Gasteiger partial charge in [-0.1, -0.05) is 73.0 Å². The fourth-order valence-corrected chi connectivity index (χ4v) is 10.6. The van der Waals surface area contributed by atoms with Gasteiger partial charge in [0.1, 0.15) is 0 Å². The van der Waals surface area contributed by atoms with E-state index in [1.807, 2.05) is 11.1 Å². The average molecular weight is 411 g/mol. The molecule has 0 aromatic rings. The Kier molecular flexibility index (Phi) is 4.46. The van der Waals surface area contributed by atoms with E-state index in [0.717, 1.165) is 11.8 Å². The van der Waals surface area contributed by atoms with Crippen LogP contribution in [0.4, 0.5) is 0 Å². The van der Waals surface area contributed by atoms with Gasteiger partial charge in [0.05, 0.1) is 0 Å². The molecule has 0 bridgehead atoms. The minimum absolute atomic E-state index is 0.452. The molecule has 4 fully saturated rings. The van der Waals surface area contributed by atoms with E-state index in [1.165, 1.54) is 77.0 Å². The van der Waals surface area contributed by atoms with Crippen LogP contribution in [-0.2, 0) is 0 Å². The summed E-state index contributed by atoms with van der Waals surface area (Å²) < 4.78 is 0. The Bertz CT molecular complexity index is 767. The van der Waals surface area contributed by atoms with Crippen molar-refractivity contribution in [2.75, 3.05) is 0 Å². The highest BCUT2D eigenvalue weighted by Crippen LogP contribution is 2.75. The molecule has 0 aliphatic heterocycles. The first-order valence-corrected chi connectivity index (χ1v) is 13.5. The molecule has 5 aliphatic carbocycles. The second-order valence-electron chi connectivity index (χ2n) is 15.1. The van der Waals surface area contributed by atoms with E-state index in [1.54, 1.807) is 0 Å². The largest absolute Gasteiger partial charge is 0.0640 e. The minimum Gasteiger partial charge on any atom is -0.0640 e. The molecule has 170 valence electrons. The Labute approximate surface area is 188 Å². The Balaban J connectivity index is 1.60. The Morgan fingerprint density at radius 3 is 2.07 bits per heavy atom. The van der Waals surface area contributed by atoms with Gasteiger partial charge in [0.25, 0.3) is 0 Å². The van der Waals surface area contributed by atoms with Crippen LogP contribution in [0.15, 0.2) is 11.1 Å². The zero-order chi connectivity index (χ0) is 21.8. The lowest BCUT2D eigenvalue weighted by Gasteiger charge is -2.70. The lowest BCUT2D eigenvalue weighted by Crippen LogP contribution is -2.62. The second kappa shape index (κ2) is 6.20. The van der Waals surface area contributed by atoms with Crippen molar-refractivity contribution in [3.63, 3.8) is 0 Å². The highest BCUT2D eigenvalue weighted by atomic mass is 14.7. The summed E-state index contributed by atoms with van der Waals surface area (Å²) in [5.74, 6) is 1.87. The summed E-state index contributed by atoms with van der Waals surface area (Å²) in [6.45, 7) is 21.2. The fourth-order valence-electron chi connectivity index (χ4n) is 10.6. The number of hydrogen-bond acceptors (Lipinski definition) is 0. The highest BCUT2D eigenvalue weighted by Gasteiger charge is 2.66. The topological polar surface area (TPSA) is 0 Å². The maximum Gasteiger partial charge on any atom is -0.00566 e. The van der Waals surface area contributed by atoms with E-state index in [4.69, 9.17) is 0 Å². The fraction of sp³-hybridized carbons (Fsp3) is 0.933. The molecule has 0 radical (unpaired) electrons. The van der Waals surface area contributed by atoms with Gasteiger partial charge in [-0.05, 0) is 115 Å². The standard InChI is InChI=1S/C30H50/c1-25(2)16-17-27(5)18-19-29(7)21(22(27)20-25)10-11-24-28(6)14-9-13-26(3,4)23(28)12-15-30(24,29)8/h23-24H,9-20H2,1-8H3/t23-,24-,27+,28+,29+,30-/m0/s1. The third-order valence-corrected chi connectivity index (χ3v) is 12.7. The molecular formula is C30H50. The molecule has 0 aromatic carbocycles. The lowest BCUT2D eigenvalue weighted by atomic mass is 9.34. The highest BCUT2D eigenvalue weighted by molar-refractivity contribution is 5.37. The summed E-state index contributed by atoms with van der Waals surface area (Å²) in [6.07, 6.45) is 17.4. The van der Waals surface area contributed by atoms with E-state index in [0.29, 0.717) is 32.5 Å². The van der Waals surface area contributed by atoms with Crippen LogP contribution in [0, 0.1) is 44.3 Å². The van der Waals surface area contributed by atoms with Crippen molar-refractivity contribution in [3.05, 3.63) is 11.1 Å². The van der Waals surface area contributed by atoms with Crippen LogP contribution in [0.5, 0.6) is 0 Å². The second-order valence-corrected chi connectivity index (χ2v) is 15.1. The zero-order valence-corrected chi connectivity index (χ0v) is 21.6. The van der Waals surface area contributed by atoms with E-state index in [-0.39, 0.29) is 0 Å². The average Bonchev–Trinajstić information content (AvgIpc) is 2.63. The molecule has 0 amide bonds. The molecule has 30 heavy (non-hydrogen) atoms. The molecule has 0 saturated heterocycles. The molecule has 5 rings (SSSR count). The number of hydrogen-bond donors (Lipinski definition) is 0. The predicted molar refractivity (Wildman–Crippen MR) is 129 cm³/mol. The van der Waals surface area contributed by atoms with Crippen LogP contribution in [0.3, 0.4) is 0 Å². The molecule has 0 aromatic heterocycles. The third kappa shape index (κ3) is 2.64. The van der Waals surface area contributed by atoms with Gasteiger partial charge in [-0.25, -0.2) is 0 Å². The van der Waals surface area contributed by atoms with Gasteiger partial charge in [0, 0.05) is 0 Å². The van der Waals surface area contributed by atoms with Crippen LogP contribution >= 0.6 is 0 Å². The van der Waals surface area contributed by atoms with Crippen molar-refractivity contribution in [1.82, 2.24) is 0 Å². The van der Waals surface area contributed by atoms with Crippen molar-refractivity contribution < 1.29 is 0 Å². The summed E-state index contributed by atoms with van der Waals surface area (Å²) >= 11 is 0. The molecule has 5 aliphatic rings. The molecule has 0 spiro atoms. The van der Waals surface area contributed by atoms with Gasteiger partial charge in [0.2, 0.25) is 0 Å². The number of rotatable bonds is 0. The third-order valence-electron chi connectivity index (χ3n) is 12.7. The molecular weight excluding hydrogens is 360 g/mol. The van der Waals surface area contributed by atoms with Crippen LogP contribution in [-0.4, -0.2) is 0 Å². The van der Waals surface area contributed by atoms with E-state index in [9.17, 15) is 0 Å². The maximum atomic E-state index is 2.77. The molecule has 0 N–H and O–H groups in total. The van der Waals surface area contributed by atoms with Crippen molar-refractivity contribution in [2.24, 2.45) is 44.3 Å². The first-order valence-electron chi connectivity index (χ1n) is 13.5. The lowest BCUT2D eigenvalue weighted by molar-refractivity contribution is -0.180. The Morgan fingerprint density at radius 1 is 0.633 bits per heavy atom. The summed E-state index contributed by atoms with van der Waals surface area (Å²) in [5, 5.41) is 0. The summed E-state index contributed by atoms with van der Waals surface area (Å²) in [4.78, 5) is 0. The van der Waals surface area contributed by atoms with Crippen LogP contribution < -0.4 is 0 Å². The quantitative estimate of drug-likeness (QED) is 0.349. The van der Waals surface area contributed by atoms with Crippen molar-refractivity contribution in [2.45, 2.75) is 132 Å². The van der Waals surface area contributed by atoms with E-state index >= 15 is 0 Å².